The number of aliphatic hydroxyl groups excluding tert-OH is 2. The van der Waals surface area contributed by atoms with Gasteiger partial charge in [-0.05, 0) is 71.5 Å². The van der Waals surface area contributed by atoms with Crippen molar-refractivity contribution in [1.29, 1.82) is 0 Å². The van der Waals surface area contributed by atoms with E-state index in [1.807, 2.05) is 24.3 Å². The Morgan fingerprint density at radius 2 is 1.06 bits per heavy atom. The smallest absolute Gasteiger partial charge is 0.333 e. The monoisotopic (exact) mass is 692 g/mol. The third-order valence-corrected chi connectivity index (χ3v) is 8.56. The molecule has 0 radical (unpaired) electrons. The highest BCUT2D eigenvalue weighted by Crippen LogP contribution is 2.56. The van der Waals surface area contributed by atoms with Gasteiger partial charge in [0.1, 0.15) is 37.4 Å². The van der Waals surface area contributed by atoms with Crippen LogP contribution in [-0.4, -0.2) is 74.0 Å². The molecule has 4 aromatic rings. The van der Waals surface area contributed by atoms with Gasteiger partial charge in [0.25, 0.3) is 0 Å². The summed E-state index contributed by atoms with van der Waals surface area (Å²) in [7, 11) is 0. The first-order valence-corrected chi connectivity index (χ1v) is 16.9. The van der Waals surface area contributed by atoms with Crippen LogP contribution in [0.3, 0.4) is 0 Å². The highest BCUT2D eigenvalue weighted by Gasteiger charge is 2.45. The van der Waals surface area contributed by atoms with Crippen LogP contribution in [0.1, 0.15) is 42.5 Å². The van der Waals surface area contributed by atoms with Crippen LogP contribution in [0.5, 0.6) is 11.5 Å². The van der Waals surface area contributed by atoms with Crippen LogP contribution in [0.15, 0.2) is 121 Å². The van der Waals surface area contributed by atoms with Crippen molar-refractivity contribution >= 4 is 11.9 Å². The van der Waals surface area contributed by atoms with E-state index in [1.54, 1.807) is 13.8 Å². The fourth-order valence-electron chi connectivity index (χ4n) is 6.10. The standard InChI is InChI=1S/C42H44O9/c1-28(2)40(45)50-26-32(43)21-22-48-34-17-13-30(14-18-34)42(38-11-7-5-9-36(38)37-10-6-8-12-39(37)42)31-15-19-35(20-16-31)49-24-23-47-25-33(44)27-51-41(46)29(3)4/h5-20,32-33,43-44H,1,3,21-27H2,2,4H3. The lowest BCUT2D eigenvalue weighted by Gasteiger charge is -2.34. The average Bonchev–Trinajstić information content (AvgIpc) is 3.44. The van der Waals surface area contributed by atoms with Gasteiger partial charge in [-0.25, -0.2) is 9.59 Å². The molecule has 4 aromatic carbocycles. The summed E-state index contributed by atoms with van der Waals surface area (Å²) in [4.78, 5) is 23.1. The number of hydrogen-bond donors (Lipinski definition) is 2. The summed E-state index contributed by atoms with van der Waals surface area (Å²) < 4.78 is 27.4. The first-order valence-electron chi connectivity index (χ1n) is 16.9. The van der Waals surface area contributed by atoms with Crippen LogP contribution in [0.4, 0.5) is 0 Å². The van der Waals surface area contributed by atoms with E-state index in [2.05, 4.69) is 86.0 Å². The molecule has 9 heteroatoms. The van der Waals surface area contributed by atoms with Gasteiger partial charge in [-0.3, -0.25) is 0 Å². The number of rotatable bonds is 18. The van der Waals surface area contributed by atoms with Crippen LogP contribution in [-0.2, 0) is 29.2 Å². The second kappa shape index (κ2) is 17.1. The van der Waals surface area contributed by atoms with Crippen LogP contribution in [0, 0.1) is 0 Å². The Morgan fingerprint density at radius 1 is 0.608 bits per heavy atom. The lowest BCUT2D eigenvalue weighted by Crippen LogP contribution is -2.28. The summed E-state index contributed by atoms with van der Waals surface area (Å²) in [5.74, 6) is 0.250. The maximum absolute atomic E-state index is 11.6. The predicted molar refractivity (Wildman–Crippen MR) is 194 cm³/mol. The number of hydrogen-bond acceptors (Lipinski definition) is 9. The molecule has 0 aromatic heterocycles. The molecule has 2 atom stereocenters. The number of esters is 2. The van der Waals surface area contributed by atoms with Crippen molar-refractivity contribution in [3.8, 4) is 22.6 Å². The molecule has 0 aliphatic heterocycles. The fraction of sp³-hybridized carbons (Fsp3) is 0.286. The van der Waals surface area contributed by atoms with Gasteiger partial charge in [0.15, 0.2) is 0 Å². The molecule has 0 saturated carbocycles. The summed E-state index contributed by atoms with van der Waals surface area (Å²) in [6.45, 7) is 10.6. The van der Waals surface area contributed by atoms with Gasteiger partial charge in [-0.1, -0.05) is 86.0 Å². The number of carbonyl (C=O) groups is 2. The number of carbonyl (C=O) groups excluding carboxylic acids is 2. The van der Waals surface area contributed by atoms with Crippen molar-refractivity contribution in [3.63, 3.8) is 0 Å². The summed E-state index contributed by atoms with van der Waals surface area (Å²) in [5.41, 5.74) is 6.75. The molecule has 266 valence electrons. The maximum atomic E-state index is 11.6. The van der Waals surface area contributed by atoms with E-state index in [9.17, 15) is 19.8 Å². The Morgan fingerprint density at radius 3 is 1.55 bits per heavy atom. The van der Waals surface area contributed by atoms with Crippen molar-refractivity contribution in [2.24, 2.45) is 0 Å². The highest BCUT2D eigenvalue weighted by molar-refractivity contribution is 5.87. The molecule has 2 unspecified atom stereocenters. The molecule has 2 N–H and O–H groups in total. The molecule has 5 rings (SSSR count). The van der Waals surface area contributed by atoms with E-state index < -0.39 is 29.6 Å². The molecule has 0 saturated heterocycles. The normalized spacial score (nSPS) is 13.6. The first kappa shape index (κ1) is 37.0. The topological polar surface area (TPSA) is 121 Å². The molecule has 0 amide bonds. The molecule has 1 aliphatic rings. The number of fused-ring (bicyclic) bond motifs is 3. The lowest BCUT2D eigenvalue weighted by molar-refractivity contribution is -0.143. The number of aliphatic hydroxyl groups is 2. The molecule has 0 spiro atoms. The number of ether oxygens (including phenoxy) is 5. The van der Waals surface area contributed by atoms with Crippen LogP contribution in [0.2, 0.25) is 0 Å². The predicted octanol–water partition coefficient (Wildman–Crippen LogP) is 6.17. The van der Waals surface area contributed by atoms with Gasteiger partial charge in [0.2, 0.25) is 0 Å². The molecule has 0 heterocycles. The fourth-order valence-corrected chi connectivity index (χ4v) is 6.10. The second-order valence-electron chi connectivity index (χ2n) is 12.5. The molecule has 0 bridgehead atoms. The van der Waals surface area contributed by atoms with Gasteiger partial charge in [0.05, 0.1) is 31.3 Å². The molecular weight excluding hydrogens is 648 g/mol. The van der Waals surface area contributed by atoms with Crippen molar-refractivity contribution in [2.45, 2.75) is 37.9 Å². The lowest BCUT2D eigenvalue weighted by atomic mass is 9.68. The van der Waals surface area contributed by atoms with E-state index in [4.69, 9.17) is 23.7 Å². The Labute approximate surface area is 298 Å². The summed E-state index contributed by atoms with van der Waals surface area (Å²) >= 11 is 0. The second-order valence-corrected chi connectivity index (χ2v) is 12.5. The highest BCUT2D eigenvalue weighted by atomic mass is 16.6. The number of benzene rings is 4. The minimum Gasteiger partial charge on any atom is -0.493 e. The van der Waals surface area contributed by atoms with Crippen molar-refractivity contribution in [1.82, 2.24) is 0 Å². The third kappa shape index (κ3) is 8.75. The Bertz CT molecular complexity index is 1780. The van der Waals surface area contributed by atoms with Crippen molar-refractivity contribution in [3.05, 3.63) is 144 Å². The Hall–Kier alpha value is -5.22. The Balaban J connectivity index is 1.29. The minimum atomic E-state index is -0.945. The molecule has 9 nitrogen and oxygen atoms in total. The Kier molecular flexibility index (Phi) is 12.4. The van der Waals surface area contributed by atoms with Gasteiger partial charge >= 0.3 is 11.9 Å². The molecule has 51 heavy (non-hydrogen) atoms. The van der Waals surface area contributed by atoms with Gasteiger partial charge in [-0.15, -0.1) is 0 Å². The van der Waals surface area contributed by atoms with Crippen LogP contribution < -0.4 is 9.47 Å². The SMILES string of the molecule is C=C(C)C(=O)OCC(O)CCOc1ccc(C2(c3ccc(OCCOCC(O)COC(=O)C(=C)C)cc3)c3ccccc3-c3ccccc32)cc1. The molecule has 1 aliphatic carbocycles. The zero-order valence-corrected chi connectivity index (χ0v) is 29.0. The van der Waals surface area contributed by atoms with E-state index in [0.717, 1.165) is 11.1 Å². The zero-order valence-electron chi connectivity index (χ0n) is 29.0. The van der Waals surface area contributed by atoms with Gasteiger partial charge < -0.3 is 33.9 Å². The largest absolute Gasteiger partial charge is 0.493 e. The van der Waals surface area contributed by atoms with Crippen LogP contribution in [0.25, 0.3) is 11.1 Å². The summed E-state index contributed by atoms with van der Waals surface area (Å²) in [6, 6.07) is 33.0. The zero-order chi connectivity index (χ0) is 36.4. The van der Waals surface area contributed by atoms with E-state index in [-0.39, 0.29) is 50.8 Å². The van der Waals surface area contributed by atoms with E-state index >= 15 is 0 Å². The van der Waals surface area contributed by atoms with E-state index in [1.165, 1.54) is 22.3 Å². The maximum Gasteiger partial charge on any atom is 0.333 e. The minimum absolute atomic E-state index is 0.00581. The van der Waals surface area contributed by atoms with Crippen molar-refractivity contribution in [2.75, 3.05) is 39.6 Å². The van der Waals surface area contributed by atoms with Gasteiger partial charge in [-0.2, -0.15) is 0 Å². The summed E-state index contributed by atoms with van der Waals surface area (Å²) in [6.07, 6.45) is -1.50. The molecular formula is C42H44O9. The average molecular weight is 693 g/mol. The van der Waals surface area contributed by atoms with Crippen molar-refractivity contribution < 1.29 is 43.5 Å². The summed E-state index contributed by atoms with van der Waals surface area (Å²) in [5, 5.41) is 20.2. The van der Waals surface area contributed by atoms with Gasteiger partial charge in [0, 0.05) is 17.6 Å². The molecule has 0 fully saturated rings. The van der Waals surface area contributed by atoms with Crippen LogP contribution >= 0.6 is 0 Å². The third-order valence-electron chi connectivity index (χ3n) is 8.56. The van der Waals surface area contributed by atoms with E-state index in [0.29, 0.717) is 17.9 Å². The first-order chi connectivity index (χ1) is 24.6. The quantitative estimate of drug-likeness (QED) is 0.0631.